The first-order valence-corrected chi connectivity index (χ1v) is 10.7. The first-order valence-electron chi connectivity index (χ1n) is 9.85. The van der Waals surface area contributed by atoms with Crippen molar-refractivity contribution < 1.29 is 14.3 Å². The summed E-state index contributed by atoms with van der Waals surface area (Å²) >= 11 is 1.58. The number of benzene rings is 1. The molecule has 7 heteroatoms. The fourth-order valence-corrected chi connectivity index (χ4v) is 4.97. The number of carbonyl (C=O) groups excluding carboxylic acids is 2. The molecule has 4 rings (SSSR count). The standard InChI is InChI=1S/C22H22N2O4S/c1-13(20(26)14-7-3-2-4-8-14)28-18(25)12-11-17-23-21(27)19-15-9-5-6-10-16(15)29-22(19)24-17/h2-4,7-8,13H,5-6,9-12H2,1H3,(H,23,24,27)/t13-/m0/s1. The van der Waals surface area contributed by atoms with Crippen LogP contribution in [0.4, 0.5) is 0 Å². The quantitative estimate of drug-likeness (QED) is 0.495. The number of fused-ring (bicyclic) bond motifs is 3. The number of nitrogens with zero attached hydrogens (tertiary/aromatic N) is 1. The highest BCUT2D eigenvalue weighted by Gasteiger charge is 2.21. The normalized spacial score (nSPS) is 14.4. The zero-order valence-corrected chi connectivity index (χ0v) is 17.0. The maximum absolute atomic E-state index is 12.6. The summed E-state index contributed by atoms with van der Waals surface area (Å²) in [5, 5.41) is 0.707. The maximum Gasteiger partial charge on any atom is 0.306 e. The molecule has 0 saturated carbocycles. The van der Waals surface area contributed by atoms with Crippen molar-refractivity contribution in [2.45, 2.75) is 51.6 Å². The van der Waals surface area contributed by atoms with E-state index in [0.29, 0.717) is 16.8 Å². The molecule has 150 valence electrons. The van der Waals surface area contributed by atoms with Gasteiger partial charge in [0.05, 0.1) is 11.8 Å². The van der Waals surface area contributed by atoms with Crippen LogP contribution in [0, 0.1) is 0 Å². The maximum atomic E-state index is 12.6. The Bertz CT molecular complexity index is 1120. The Balaban J connectivity index is 1.41. The average molecular weight is 410 g/mol. The van der Waals surface area contributed by atoms with Gasteiger partial charge in [0.25, 0.3) is 5.56 Å². The van der Waals surface area contributed by atoms with Crippen molar-refractivity contribution in [1.82, 2.24) is 9.97 Å². The SMILES string of the molecule is C[C@H](OC(=O)CCc1nc2sc3c(c2c(=O)[nH]1)CCCC3)C(=O)c1ccccc1. The smallest absolute Gasteiger partial charge is 0.306 e. The van der Waals surface area contributed by atoms with Crippen LogP contribution in [-0.4, -0.2) is 27.8 Å². The van der Waals surface area contributed by atoms with Gasteiger partial charge >= 0.3 is 5.97 Å². The molecule has 0 fully saturated rings. The Morgan fingerprint density at radius 1 is 1.21 bits per heavy atom. The van der Waals surface area contributed by atoms with Gasteiger partial charge in [-0.1, -0.05) is 30.3 Å². The third-order valence-electron chi connectivity index (χ3n) is 5.18. The molecule has 0 aliphatic heterocycles. The lowest BCUT2D eigenvalue weighted by atomic mass is 9.97. The van der Waals surface area contributed by atoms with Crippen LogP contribution in [-0.2, 0) is 28.8 Å². The summed E-state index contributed by atoms with van der Waals surface area (Å²) in [6.45, 7) is 1.57. The van der Waals surface area contributed by atoms with E-state index in [0.717, 1.165) is 36.1 Å². The second-order valence-electron chi connectivity index (χ2n) is 7.27. The average Bonchev–Trinajstić information content (AvgIpc) is 3.11. The monoisotopic (exact) mass is 410 g/mol. The van der Waals surface area contributed by atoms with Crippen LogP contribution in [0.25, 0.3) is 10.2 Å². The number of aryl methyl sites for hydroxylation is 3. The molecule has 3 aromatic rings. The lowest BCUT2D eigenvalue weighted by Crippen LogP contribution is -2.24. The molecular weight excluding hydrogens is 388 g/mol. The lowest BCUT2D eigenvalue weighted by Gasteiger charge is -2.12. The summed E-state index contributed by atoms with van der Waals surface area (Å²) in [5.74, 6) is -0.258. The Morgan fingerprint density at radius 2 is 1.97 bits per heavy atom. The largest absolute Gasteiger partial charge is 0.454 e. The van der Waals surface area contributed by atoms with E-state index in [1.807, 2.05) is 6.07 Å². The van der Waals surface area contributed by atoms with E-state index in [9.17, 15) is 14.4 Å². The minimum absolute atomic E-state index is 0.0476. The third kappa shape index (κ3) is 4.15. The molecule has 0 bridgehead atoms. The molecule has 0 radical (unpaired) electrons. The van der Waals surface area contributed by atoms with Gasteiger partial charge in [0.1, 0.15) is 10.7 Å². The second kappa shape index (κ2) is 8.29. The summed E-state index contributed by atoms with van der Waals surface area (Å²) in [4.78, 5) is 46.4. The molecule has 1 aromatic carbocycles. The second-order valence-corrected chi connectivity index (χ2v) is 8.35. The van der Waals surface area contributed by atoms with E-state index >= 15 is 0 Å². The van der Waals surface area contributed by atoms with E-state index in [-0.39, 0.29) is 24.2 Å². The van der Waals surface area contributed by atoms with Gasteiger partial charge in [0.15, 0.2) is 6.10 Å². The summed E-state index contributed by atoms with van der Waals surface area (Å²) in [6.07, 6.45) is 3.64. The molecule has 0 spiro atoms. The van der Waals surface area contributed by atoms with Crippen molar-refractivity contribution in [3.05, 3.63) is 62.5 Å². The Kier molecular flexibility index (Phi) is 5.58. The number of Topliss-reactive ketones (excluding diaryl/α,β-unsaturated/α-hetero) is 1. The summed E-state index contributed by atoms with van der Waals surface area (Å²) in [7, 11) is 0. The van der Waals surface area contributed by atoms with E-state index in [1.165, 1.54) is 4.88 Å². The highest BCUT2D eigenvalue weighted by Crippen LogP contribution is 2.33. The number of rotatable bonds is 6. The van der Waals surface area contributed by atoms with Gasteiger partial charge in [-0.3, -0.25) is 14.4 Å². The molecule has 0 saturated heterocycles. The number of esters is 1. The fourth-order valence-electron chi connectivity index (χ4n) is 3.69. The molecule has 1 atom stereocenters. The van der Waals surface area contributed by atoms with Gasteiger partial charge < -0.3 is 9.72 Å². The minimum Gasteiger partial charge on any atom is -0.454 e. The molecular formula is C22H22N2O4S. The van der Waals surface area contributed by atoms with Crippen LogP contribution in [0.1, 0.15) is 52.8 Å². The number of hydrogen-bond acceptors (Lipinski definition) is 6. The van der Waals surface area contributed by atoms with Gasteiger partial charge in [-0.25, -0.2) is 4.98 Å². The van der Waals surface area contributed by atoms with Crippen LogP contribution < -0.4 is 5.56 Å². The molecule has 0 unspecified atom stereocenters. The van der Waals surface area contributed by atoms with Crippen LogP contribution in [0.2, 0.25) is 0 Å². The van der Waals surface area contributed by atoms with Crippen molar-refractivity contribution in [1.29, 1.82) is 0 Å². The van der Waals surface area contributed by atoms with Gasteiger partial charge in [-0.05, 0) is 38.2 Å². The predicted molar refractivity (Wildman–Crippen MR) is 112 cm³/mol. The van der Waals surface area contributed by atoms with Gasteiger partial charge in [0.2, 0.25) is 5.78 Å². The van der Waals surface area contributed by atoms with E-state index in [2.05, 4.69) is 9.97 Å². The molecule has 1 aliphatic carbocycles. The topological polar surface area (TPSA) is 89.1 Å². The number of aromatic amines is 1. The van der Waals surface area contributed by atoms with Crippen LogP contribution >= 0.6 is 11.3 Å². The molecule has 6 nitrogen and oxygen atoms in total. The first kappa shape index (κ1) is 19.5. The van der Waals surface area contributed by atoms with Crippen LogP contribution in [0.15, 0.2) is 35.1 Å². The molecule has 2 heterocycles. The summed E-state index contributed by atoms with van der Waals surface area (Å²) < 4.78 is 5.27. The Labute approximate surface area is 171 Å². The van der Waals surface area contributed by atoms with Crippen LogP contribution in [0.3, 0.4) is 0 Å². The molecule has 1 aliphatic rings. The number of aromatic nitrogens is 2. The van der Waals surface area contributed by atoms with Gasteiger partial charge in [-0.15, -0.1) is 11.3 Å². The highest BCUT2D eigenvalue weighted by molar-refractivity contribution is 7.18. The fraction of sp³-hybridized carbons (Fsp3) is 0.364. The van der Waals surface area contributed by atoms with Crippen molar-refractivity contribution in [3.63, 3.8) is 0 Å². The number of ether oxygens (including phenoxy) is 1. The number of carbonyl (C=O) groups is 2. The van der Waals surface area contributed by atoms with Crippen LogP contribution in [0.5, 0.6) is 0 Å². The number of thiophene rings is 1. The zero-order chi connectivity index (χ0) is 20.4. The Morgan fingerprint density at radius 3 is 2.76 bits per heavy atom. The Hall–Kier alpha value is -2.80. The highest BCUT2D eigenvalue weighted by atomic mass is 32.1. The third-order valence-corrected chi connectivity index (χ3v) is 6.36. The van der Waals surface area contributed by atoms with Crippen molar-refractivity contribution >= 4 is 33.3 Å². The van der Waals surface area contributed by atoms with Gasteiger partial charge in [0, 0.05) is 16.9 Å². The van der Waals surface area contributed by atoms with Crippen molar-refractivity contribution in [3.8, 4) is 0 Å². The molecule has 1 N–H and O–H groups in total. The first-order chi connectivity index (χ1) is 14.0. The number of nitrogens with one attached hydrogen (secondary N) is 1. The minimum atomic E-state index is -0.858. The van der Waals surface area contributed by atoms with Gasteiger partial charge in [-0.2, -0.15) is 0 Å². The van der Waals surface area contributed by atoms with E-state index < -0.39 is 12.1 Å². The summed E-state index contributed by atoms with van der Waals surface area (Å²) in [5.41, 5.74) is 1.51. The van der Waals surface area contributed by atoms with E-state index in [4.69, 9.17) is 4.74 Å². The molecule has 0 amide bonds. The lowest BCUT2D eigenvalue weighted by molar-refractivity contribution is -0.146. The number of ketones is 1. The number of hydrogen-bond donors (Lipinski definition) is 1. The predicted octanol–water partition coefficient (Wildman–Crippen LogP) is 3.61. The van der Waals surface area contributed by atoms with Crippen molar-refractivity contribution in [2.24, 2.45) is 0 Å². The molecule has 2 aromatic heterocycles. The summed E-state index contributed by atoms with van der Waals surface area (Å²) in [6, 6.07) is 8.74. The number of H-pyrrole nitrogens is 1. The van der Waals surface area contributed by atoms with E-state index in [1.54, 1.807) is 42.5 Å². The molecule has 29 heavy (non-hydrogen) atoms. The van der Waals surface area contributed by atoms with Crippen molar-refractivity contribution in [2.75, 3.05) is 0 Å². The zero-order valence-electron chi connectivity index (χ0n) is 16.2.